The van der Waals surface area contributed by atoms with Crippen molar-refractivity contribution in [3.05, 3.63) is 30.1 Å². The van der Waals surface area contributed by atoms with E-state index >= 15 is 0 Å². The van der Waals surface area contributed by atoms with Gasteiger partial charge in [0.15, 0.2) is 0 Å². The molecule has 1 aromatic rings. The minimum atomic E-state index is -0.368. The quantitative estimate of drug-likeness (QED) is 0.664. The fourth-order valence-corrected chi connectivity index (χ4v) is 1.31. The highest BCUT2D eigenvalue weighted by atomic mass is 19.1. The summed E-state index contributed by atoms with van der Waals surface area (Å²) < 4.78 is 12.8. The molecule has 0 bridgehead atoms. The Labute approximate surface area is 101 Å². The maximum absolute atomic E-state index is 12.8. The van der Waals surface area contributed by atoms with E-state index in [2.05, 4.69) is 22.9 Å². The molecule has 0 aliphatic rings. The van der Waals surface area contributed by atoms with Crippen molar-refractivity contribution in [2.24, 2.45) is 0 Å². The van der Waals surface area contributed by atoms with Gasteiger partial charge in [0.05, 0.1) is 0 Å². The molecule has 5 heteroatoms. The molecular formula is C12H18FN3O. The average molecular weight is 239 g/mol. The van der Waals surface area contributed by atoms with Gasteiger partial charge in [-0.1, -0.05) is 13.0 Å². The Morgan fingerprint density at radius 1 is 1.29 bits per heavy atom. The van der Waals surface area contributed by atoms with E-state index < -0.39 is 0 Å². The van der Waals surface area contributed by atoms with Crippen LogP contribution < -0.4 is 16.0 Å². The van der Waals surface area contributed by atoms with Crippen molar-refractivity contribution in [2.75, 3.05) is 25.0 Å². The Hall–Kier alpha value is -1.62. The molecule has 94 valence electrons. The molecule has 2 amide bonds. The van der Waals surface area contributed by atoms with Gasteiger partial charge in [0.1, 0.15) is 5.82 Å². The zero-order valence-electron chi connectivity index (χ0n) is 9.92. The molecule has 0 aromatic heterocycles. The second kappa shape index (κ2) is 7.62. The van der Waals surface area contributed by atoms with Crippen LogP contribution in [-0.2, 0) is 0 Å². The summed E-state index contributed by atoms with van der Waals surface area (Å²) >= 11 is 0. The molecular weight excluding hydrogens is 221 g/mol. The lowest BCUT2D eigenvalue weighted by atomic mass is 10.3. The molecule has 17 heavy (non-hydrogen) atoms. The molecule has 0 saturated carbocycles. The summed E-state index contributed by atoms with van der Waals surface area (Å²) in [6.45, 7) is 4.29. The lowest BCUT2D eigenvalue weighted by molar-refractivity contribution is 0.252. The lowest BCUT2D eigenvalue weighted by Gasteiger charge is -2.08. The molecule has 0 radical (unpaired) electrons. The topological polar surface area (TPSA) is 53.2 Å². The zero-order chi connectivity index (χ0) is 12.5. The van der Waals surface area contributed by atoms with Gasteiger partial charge in [0.25, 0.3) is 0 Å². The van der Waals surface area contributed by atoms with Gasteiger partial charge in [0.2, 0.25) is 0 Å². The number of urea groups is 1. The van der Waals surface area contributed by atoms with E-state index in [9.17, 15) is 9.18 Å². The molecule has 1 aromatic carbocycles. The molecule has 1 rings (SSSR count). The molecule has 0 heterocycles. The van der Waals surface area contributed by atoms with E-state index in [1.165, 1.54) is 12.1 Å². The summed E-state index contributed by atoms with van der Waals surface area (Å²) in [4.78, 5) is 11.4. The van der Waals surface area contributed by atoms with Gasteiger partial charge < -0.3 is 16.0 Å². The predicted molar refractivity (Wildman–Crippen MR) is 66.6 cm³/mol. The van der Waals surface area contributed by atoms with Crippen molar-refractivity contribution >= 4 is 11.7 Å². The minimum Gasteiger partial charge on any atom is -0.337 e. The summed E-state index contributed by atoms with van der Waals surface area (Å²) in [5.74, 6) is -0.368. The van der Waals surface area contributed by atoms with Crippen LogP contribution in [0.15, 0.2) is 24.3 Å². The number of hydrogen-bond acceptors (Lipinski definition) is 2. The van der Waals surface area contributed by atoms with E-state index in [1.807, 2.05) is 0 Å². The van der Waals surface area contributed by atoms with Crippen molar-refractivity contribution in [3.63, 3.8) is 0 Å². The van der Waals surface area contributed by atoms with Gasteiger partial charge in [0, 0.05) is 18.8 Å². The summed E-state index contributed by atoms with van der Waals surface area (Å²) in [6.07, 6.45) is 1.06. The third-order valence-corrected chi connectivity index (χ3v) is 2.10. The SMILES string of the molecule is CCCNCCNC(=O)Nc1cccc(F)c1. The van der Waals surface area contributed by atoms with Gasteiger partial charge in [-0.15, -0.1) is 0 Å². The second-order valence-electron chi connectivity index (χ2n) is 3.64. The average Bonchev–Trinajstić information content (AvgIpc) is 2.29. The number of carbonyl (C=O) groups excluding carboxylic acids is 1. The van der Waals surface area contributed by atoms with Crippen LogP contribution in [0, 0.1) is 5.82 Å². The lowest BCUT2D eigenvalue weighted by Crippen LogP contribution is -2.34. The van der Waals surface area contributed by atoms with Gasteiger partial charge in [-0.05, 0) is 31.2 Å². The van der Waals surface area contributed by atoms with Crippen LogP contribution in [0.2, 0.25) is 0 Å². The van der Waals surface area contributed by atoms with Crippen LogP contribution in [0.3, 0.4) is 0 Å². The summed E-state index contributed by atoms with van der Waals surface area (Å²) in [7, 11) is 0. The monoisotopic (exact) mass is 239 g/mol. The maximum Gasteiger partial charge on any atom is 0.319 e. The molecule has 0 atom stereocenters. The van der Waals surface area contributed by atoms with E-state index in [4.69, 9.17) is 0 Å². The Bertz CT molecular complexity index is 357. The highest BCUT2D eigenvalue weighted by molar-refractivity contribution is 5.89. The van der Waals surface area contributed by atoms with Gasteiger partial charge in [-0.2, -0.15) is 0 Å². The van der Waals surface area contributed by atoms with Gasteiger partial charge in [-0.25, -0.2) is 9.18 Å². The highest BCUT2D eigenvalue weighted by Crippen LogP contribution is 2.08. The molecule has 0 aliphatic carbocycles. The largest absolute Gasteiger partial charge is 0.337 e. The van der Waals surface area contributed by atoms with Crippen molar-refractivity contribution in [1.82, 2.24) is 10.6 Å². The van der Waals surface area contributed by atoms with E-state index in [1.54, 1.807) is 12.1 Å². The first-order valence-electron chi connectivity index (χ1n) is 5.73. The fraction of sp³-hybridized carbons (Fsp3) is 0.417. The number of nitrogens with one attached hydrogen (secondary N) is 3. The third kappa shape index (κ3) is 5.87. The first kappa shape index (κ1) is 13.4. The predicted octanol–water partition coefficient (Wildman–Crippen LogP) is 1.95. The van der Waals surface area contributed by atoms with Crippen LogP contribution in [0.1, 0.15) is 13.3 Å². The standard InChI is InChI=1S/C12H18FN3O/c1-2-6-14-7-8-15-12(17)16-11-5-3-4-10(13)9-11/h3-5,9,14H,2,6-8H2,1H3,(H2,15,16,17). The summed E-state index contributed by atoms with van der Waals surface area (Å²) in [5, 5.41) is 8.39. The van der Waals surface area contributed by atoms with Crippen molar-refractivity contribution in [3.8, 4) is 0 Å². The summed E-state index contributed by atoms with van der Waals surface area (Å²) in [5.41, 5.74) is 0.448. The first-order chi connectivity index (χ1) is 8.22. The molecule has 0 saturated heterocycles. The molecule has 0 fully saturated rings. The number of amides is 2. The number of halogens is 1. The smallest absolute Gasteiger partial charge is 0.319 e. The number of rotatable bonds is 6. The van der Waals surface area contributed by atoms with E-state index in [0.717, 1.165) is 19.5 Å². The number of benzene rings is 1. The molecule has 4 nitrogen and oxygen atoms in total. The Morgan fingerprint density at radius 3 is 2.82 bits per heavy atom. The number of carbonyl (C=O) groups is 1. The van der Waals surface area contributed by atoms with Crippen molar-refractivity contribution < 1.29 is 9.18 Å². The van der Waals surface area contributed by atoms with Gasteiger partial charge >= 0.3 is 6.03 Å². The highest BCUT2D eigenvalue weighted by Gasteiger charge is 2.00. The van der Waals surface area contributed by atoms with Crippen LogP contribution in [0.4, 0.5) is 14.9 Å². The van der Waals surface area contributed by atoms with Gasteiger partial charge in [-0.3, -0.25) is 0 Å². The maximum atomic E-state index is 12.8. The van der Waals surface area contributed by atoms with Crippen molar-refractivity contribution in [1.29, 1.82) is 0 Å². The molecule has 0 unspecified atom stereocenters. The fourth-order valence-electron chi connectivity index (χ4n) is 1.31. The Morgan fingerprint density at radius 2 is 2.12 bits per heavy atom. The molecule has 0 aliphatic heterocycles. The normalized spacial score (nSPS) is 10.0. The Balaban J connectivity index is 2.21. The van der Waals surface area contributed by atoms with Crippen LogP contribution in [0.5, 0.6) is 0 Å². The Kier molecular flexibility index (Phi) is 6.03. The van der Waals surface area contributed by atoms with Crippen LogP contribution in [0.25, 0.3) is 0 Å². The van der Waals surface area contributed by atoms with Crippen molar-refractivity contribution in [2.45, 2.75) is 13.3 Å². The van der Waals surface area contributed by atoms with Crippen LogP contribution >= 0.6 is 0 Å². The number of anilines is 1. The second-order valence-corrected chi connectivity index (χ2v) is 3.64. The summed E-state index contributed by atoms with van der Waals surface area (Å²) in [6, 6.07) is 5.46. The van der Waals surface area contributed by atoms with Crippen LogP contribution in [-0.4, -0.2) is 25.7 Å². The van der Waals surface area contributed by atoms with E-state index in [0.29, 0.717) is 12.2 Å². The third-order valence-electron chi connectivity index (χ3n) is 2.10. The first-order valence-corrected chi connectivity index (χ1v) is 5.73. The molecule has 0 spiro atoms. The zero-order valence-corrected chi connectivity index (χ0v) is 9.92. The van der Waals surface area contributed by atoms with E-state index in [-0.39, 0.29) is 11.8 Å². The number of hydrogen-bond donors (Lipinski definition) is 3. The minimum absolute atomic E-state index is 0.325. The molecule has 3 N–H and O–H groups in total.